The summed E-state index contributed by atoms with van der Waals surface area (Å²) in [4.78, 5) is 4.06. The van der Waals surface area contributed by atoms with Gasteiger partial charge in [0.2, 0.25) is 0 Å². The van der Waals surface area contributed by atoms with Gasteiger partial charge < -0.3 is 4.42 Å². The van der Waals surface area contributed by atoms with Crippen molar-refractivity contribution in [2.45, 2.75) is 31.6 Å². The van der Waals surface area contributed by atoms with Crippen LogP contribution in [0.1, 0.15) is 37.1 Å². The molecule has 0 N–H and O–H groups in total. The summed E-state index contributed by atoms with van der Waals surface area (Å²) in [5, 5.41) is 0. The normalized spacial score (nSPS) is 28.5. The molecule has 0 aromatic carbocycles. The van der Waals surface area contributed by atoms with Gasteiger partial charge in [-0.2, -0.15) is 0 Å². The number of halogens is 1. The Morgan fingerprint density at radius 2 is 2.42 bits per heavy atom. The second-order valence-electron chi connectivity index (χ2n) is 3.57. The number of rotatable bonds is 2. The molecule has 0 saturated heterocycles. The minimum Gasteiger partial charge on any atom is -0.448 e. The molecule has 0 unspecified atom stereocenters. The molecular weight excluding hydrogens is 174 g/mol. The van der Waals surface area contributed by atoms with Gasteiger partial charge in [-0.1, -0.05) is 6.92 Å². The number of nitrogens with zero attached hydrogens (tertiary/aromatic N) is 1. The largest absolute Gasteiger partial charge is 0.448 e. The highest BCUT2D eigenvalue weighted by atomic mass is 35.5. The molecule has 0 spiro atoms. The van der Waals surface area contributed by atoms with Gasteiger partial charge in [-0.25, -0.2) is 4.98 Å². The fraction of sp³-hybridized carbons (Fsp3) is 0.667. The lowest BCUT2D eigenvalue weighted by molar-refractivity contribution is 0.252. The summed E-state index contributed by atoms with van der Waals surface area (Å²) in [7, 11) is 0. The van der Waals surface area contributed by atoms with E-state index in [4.69, 9.17) is 16.0 Å². The quantitative estimate of drug-likeness (QED) is 0.663. The van der Waals surface area contributed by atoms with Crippen LogP contribution in [0.5, 0.6) is 0 Å². The van der Waals surface area contributed by atoms with Crippen LogP contribution < -0.4 is 0 Å². The van der Waals surface area contributed by atoms with E-state index in [2.05, 4.69) is 11.9 Å². The van der Waals surface area contributed by atoms with Crippen molar-refractivity contribution in [3.05, 3.63) is 17.8 Å². The third-order valence-electron chi connectivity index (χ3n) is 2.54. The van der Waals surface area contributed by atoms with E-state index >= 15 is 0 Å². The predicted octanol–water partition coefficient (Wildman–Crippen LogP) is 2.93. The molecule has 1 aromatic heterocycles. The van der Waals surface area contributed by atoms with Gasteiger partial charge in [-0.15, -0.1) is 11.6 Å². The Balaban J connectivity index is 2.12. The number of oxazole rings is 1. The van der Waals surface area contributed by atoms with E-state index in [-0.39, 0.29) is 0 Å². The van der Waals surface area contributed by atoms with Crippen molar-refractivity contribution in [2.75, 3.05) is 0 Å². The van der Waals surface area contributed by atoms with Crippen molar-refractivity contribution in [2.24, 2.45) is 5.92 Å². The van der Waals surface area contributed by atoms with E-state index < -0.39 is 0 Å². The summed E-state index contributed by atoms with van der Waals surface area (Å²) in [5.41, 5.74) is 0.925. The topological polar surface area (TPSA) is 26.0 Å². The van der Waals surface area contributed by atoms with Gasteiger partial charge in [-0.05, 0) is 18.8 Å². The Labute approximate surface area is 76.9 Å². The first kappa shape index (κ1) is 8.11. The first-order valence-corrected chi connectivity index (χ1v) is 4.83. The maximum absolute atomic E-state index is 5.71. The second-order valence-corrected chi connectivity index (χ2v) is 3.84. The number of aromatic nitrogens is 1. The fourth-order valence-electron chi connectivity index (χ4n) is 1.83. The predicted molar refractivity (Wildman–Crippen MR) is 47.2 cm³/mol. The van der Waals surface area contributed by atoms with Crippen molar-refractivity contribution in [3.8, 4) is 0 Å². The molecule has 0 radical (unpaired) electrons. The molecule has 3 heteroatoms. The Morgan fingerprint density at radius 3 is 3.00 bits per heavy atom. The van der Waals surface area contributed by atoms with Crippen LogP contribution >= 0.6 is 11.6 Å². The maximum atomic E-state index is 5.71. The van der Waals surface area contributed by atoms with Crippen LogP contribution in [0.4, 0.5) is 0 Å². The first-order valence-electron chi connectivity index (χ1n) is 4.29. The summed E-state index contributed by atoms with van der Waals surface area (Å²) < 4.78 is 5.31. The van der Waals surface area contributed by atoms with Crippen LogP contribution in [0.2, 0.25) is 0 Å². The van der Waals surface area contributed by atoms with Crippen molar-refractivity contribution in [3.63, 3.8) is 0 Å². The summed E-state index contributed by atoms with van der Waals surface area (Å²) in [6.07, 6.45) is 3.94. The molecule has 1 aromatic rings. The highest BCUT2D eigenvalue weighted by molar-refractivity contribution is 6.16. The molecular formula is C9H12ClNO. The van der Waals surface area contributed by atoms with E-state index in [0.29, 0.717) is 11.8 Å². The van der Waals surface area contributed by atoms with Crippen molar-refractivity contribution in [1.82, 2.24) is 4.98 Å². The van der Waals surface area contributed by atoms with Gasteiger partial charge in [0.1, 0.15) is 5.76 Å². The van der Waals surface area contributed by atoms with Crippen LogP contribution in [0, 0.1) is 5.92 Å². The number of hydrogen-bond acceptors (Lipinski definition) is 2. The van der Waals surface area contributed by atoms with E-state index in [0.717, 1.165) is 17.4 Å². The average Bonchev–Trinajstić information content (AvgIpc) is 2.45. The fourth-order valence-corrected chi connectivity index (χ4v) is 2.03. The molecule has 2 rings (SSSR count). The minimum atomic E-state index is 0.469. The Morgan fingerprint density at radius 1 is 1.67 bits per heavy atom. The van der Waals surface area contributed by atoms with Gasteiger partial charge in [0.05, 0.1) is 11.6 Å². The molecule has 0 amide bonds. The lowest BCUT2D eigenvalue weighted by atomic mass is 9.74. The van der Waals surface area contributed by atoms with Crippen LogP contribution in [0.15, 0.2) is 10.8 Å². The van der Waals surface area contributed by atoms with Crippen molar-refractivity contribution in [1.29, 1.82) is 0 Å². The van der Waals surface area contributed by atoms with Crippen LogP contribution in [-0.2, 0) is 5.88 Å². The highest BCUT2D eigenvalue weighted by Gasteiger charge is 2.31. The molecule has 0 atom stereocenters. The minimum absolute atomic E-state index is 0.469. The number of hydrogen-bond donors (Lipinski definition) is 0. The molecule has 1 aliphatic rings. The van der Waals surface area contributed by atoms with Crippen molar-refractivity contribution >= 4 is 11.6 Å². The molecule has 1 fully saturated rings. The molecule has 1 aliphatic carbocycles. The molecule has 0 aliphatic heterocycles. The van der Waals surface area contributed by atoms with E-state index in [1.54, 1.807) is 0 Å². The Kier molecular flexibility index (Phi) is 2.09. The van der Waals surface area contributed by atoms with Gasteiger partial charge >= 0.3 is 0 Å². The first-order chi connectivity index (χ1) is 5.81. The zero-order valence-corrected chi connectivity index (χ0v) is 7.84. The molecule has 2 nitrogen and oxygen atoms in total. The van der Waals surface area contributed by atoms with Crippen LogP contribution in [0.3, 0.4) is 0 Å². The van der Waals surface area contributed by atoms with Gasteiger partial charge in [0.15, 0.2) is 6.39 Å². The van der Waals surface area contributed by atoms with Crippen LogP contribution in [-0.4, -0.2) is 4.98 Å². The smallest absolute Gasteiger partial charge is 0.181 e. The summed E-state index contributed by atoms with van der Waals surface area (Å²) >= 11 is 5.71. The zero-order valence-electron chi connectivity index (χ0n) is 7.09. The maximum Gasteiger partial charge on any atom is 0.181 e. The lowest BCUT2D eigenvalue weighted by Crippen LogP contribution is -2.19. The summed E-state index contributed by atoms with van der Waals surface area (Å²) in [6.45, 7) is 2.26. The van der Waals surface area contributed by atoms with Gasteiger partial charge in [0.25, 0.3) is 0 Å². The van der Waals surface area contributed by atoms with E-state index in [1.165, 1.54) is 19.2 Å². The summed E-state index contributed by atoms with van der Waals surface area (Å²) in [5.74, 6) is 2.90. The van der Waals surface area contributed by atoms with Gasteiger partial charge in [-0.3, -0.25) is 0 Å². The third-order valence-corrected chi connectivity index (χ3v) is 2.80. The van der Waals surface area contributed by atoms with Crippen molar-refractivity contribution < 1.29 is 4.42 Å². The zero-order chi connectivity index (χ0) is 8.55. The Bertz CT molecular complexity index is 265. The molecule has 12 heavy (non-hydrogen) atoms. The van der Waals surface area contributed by atoms with Crippen LogP contribution in [0.25, 0.3) is 0 Å². The number of alkyl halides is 1. The molecule has 66 valence electrons. The van der Waals surface area contributed by atoms with E-state index in [1.807, 2.05) is 0 Å². The van der Waals surface area contributed by atoms with Gasteiger partial charge in [0, 0.05) is 5.92 Å². The Hall–Kier alpha value is -0.500. The monoisotopic (exact) mass is 185 g/mol. The second kappa shape index (κ2) is 3.09. The lowest BCUT2D eigenvalue weighted by Gasteiger charge is -2.31. The average molecular weight is 186 g/mol. The molecule has 1 heterocycles. The SMILES string of the molecule is CC1CC(c2ocnc2CCl)C1. The highest BCUT2D eigenvalue weighted by Crippen LogP contribution is 2.42. The van der Waals surface area contributed by atoms with E-state index in [9.17, 15) is 0 Å². The third kappa shape index (κ3) is 1.24. The molecule has 1 saturated carbocycles. The standard InChI is InChI=1S/C9H12ClNO/c1-6-2-7(3-6)9-8(4-10)11-5-12-9/h5-7H,2-4H2,1H3. The summed E-state index contributed by atoms with van der Waals surface area (Å²) in [6, 6.07) is 0. The molecule has 0 bridgehead atoms.